The van der Waals surface area contributed by atoms with Gasteiger partial charge in [-0.1, -0.05) is 205 Å². The zero-order chi connectivity index (χ0) is 30.8. The van der Waals surface area contributed by atoms with Crippen LogP contribution in [0.4, 0.5) is 0 Å². The summed E-state index contributed by atoms with van der Waals surface area (Å²) in [7, 11) is 0. The molecule has 0 aliphatic rings. The van der Waals surface area contributed by atoms with Crippen molar-refractivity contribution in [3.63, 3.8) is 0 Å². The summed E-state index contributed by atoms with van der Waals surface area (Å²) in [5.74, 6) is -0.651. The Morgan fingerprint density at radius 3 is 0.667 bits per heavy atom. The van der Waals surface area contributed by atoms with Gasteiger partial charge in [-0.15, -0.1) is 33.2 Å². The standard InChI is InChI=1S/C36H71Cl3O2Si/c37-42(38,39)35-33-31-29-27-25-23-21-19-17-15-13-11-9-7-5-3-1-2-4-6-8-10-12-14-16-18-20-22-24-26-28-30-32-34-36(40)41/h1-35H2,(H,40,41). The number of rotatable bonds is 36. The van der Waals surface area contributed by atoms with Crippen LogP contribution in [0.5, 0.6) is 0 Å². The van der Waals surface area contributed by atoms with Crippen molar-refractivity contribution in [2.45, 2.75) is 224 Å². The predicted molar refractivity (Wildman–Crippen MR) is 193 cm³/mol. The average Bonchev–Trinajstić information content (AvgIpc) is 2.94. The fourth-order valence-corrected chi connectivity index (χ4v) is 7.94. The molecule has 0 aliphatic carbocycles. The Hall–Kier alpha value is 0.557. The first kappa shape index (κ1) is 42.6. The molecule has 252 valence electrons. The number of hydrogen-bond donors (Lipinski definition) is 1. The Balaban J connectivity index is 3.06. The van der Waals surface area contributed by atoms with Gasteiger partial charge < -0.3 is 5.11 Å². The fraction of sp³-hybridized carbons (Fsp3) is 0.972. The summed E-state index contributed by atoms with van der Waals surface area (Å²) >= 11 is 17.8. The molecule has 0 aliphatic heterocycles. The normalized spacial score (nSPS) is 11.9. The molecule has 0 aromatic rings. The van der Waals surface area contributed by atoms with E-state index in [0.29, 0.717) is 6.42 Å². The van der Waals surface area contributed by atoms with Gasteiger partial charge in [-0.05, 0) is 12.5 Å². The van der Waals surface area contributed by atoms with E-state index in [2.05, 4.69) is 0 Å². The topological polar surface area (TPSA) is 37.3 Å². The van der Waals surface area contributed by atoms with Gasteiger partial charge in [0, 0.05) is 6.42 Å². The molecule has 0 fully saturated rings. The molecule has 0 amide bonds. The number of carboxylic acids is 1. The summed E-state index contributed by atoms with van der Waals surface area (Å²) in [4.78, 5) is 10.5. The van der Waals surface area contributed by atoms with Crippen molar-refractivity contribution in [1.29, 1.82) is 0 Å². The van der Waals surface area contributed by atoms with E-state index in [1.54, 1.807) is 0 Å². The SMILES string of the molecule is O=C(O)CCCCCCCCCCCCCCCCCCCCCCCCCCCCCCCCCCC[Si](Cl)(Cl)Cl. The maximum absolute atomic E-state index is 10.5. The van der Waals surface area contributed by atoms with Crippen LogP contribution in [0.15, 0.2) is 0 Å². The first-order chi connectivity index (χ1) is 20.4. The first-order valence-corrected chi connectivity index (χ1v) is 23.9. The molecule has 0 rings (SSSR count). The molecule has 0 saturated heterocycles. The lowest BCUT2D eigenvalue weighted by Crippen LogP contribution is -2.07. The Labute approximate surface area is 278 Å². The van der Waals surface area contributed by atoms with Gasteiger partial charge in [0.25, 0.3) is 0 Å². The largest absolute Gasteiger partial charge is 0.481 e. The quantitative estimate of drug-likeness (QED) is 0.0409. The zero-order valence-electron chi connectivity index (χ0n) is 27.7. The second kappa shape index (κ2) is 34.4. The molecule has 0 radical (unpaired) electrons. The molecule has 0 aromatic heterocycles. The summed E-state index contributed by atoms with van der Waals surface area (Å²) in [6.07, 6.45) is 45.5. The van der Waals surface area contributed by atoms with Crippen LogP contribution in [0.25, 0.3) is 0 Å². The third-order valence-electron chi connectivity index (χ3n) is 8.85. The minimum atomic E-state index is -2.37. The molecule has 2 nitrogen and oxygen atoms in total. The van der Waals surface area contributed by atoms with Gasteiger partial charge in [0.1, 0.15) is 0 Å². The lowest BCUT2D eigenvalue weighted by Gasteiger charge is -2.07. The highest BCUT2D eigenvalue weighted by atomic mass is 35.8. The molecule has 6 heteroatoms. The van der Waals surface area contributed by atoms with E-state index in [1.807, 2.05) is 0 Å². The number of unbranched alkanes of at least 4 members (excludes halogenated alkanes) is 32. The number of carbonyl (C=O) groups is 1. The van der Waals surface area contributed by atoms with E-state index in [1.165, 1.54) is 193 Å². The van der Waals surface area contributed by atoms with Gasteiger partial charge in [-0.2, -0.15) is 0 Å². The lowest BCUT2D eigenvalue weighted by atomic mass is 10.0. The molecule has 0 atom stereocenters. The van der Waals surface area contributed by atoms with Crippen LogP contribution in [0.1, 0.15) is 218 Å². The highest BCUT2D eigenvalue weighted by molar-refractivity contribution is 7.64. The van der Waals surface area contributed by atoms with E-state index in [9.17, 15) is 4.79 Å². The van der Waals surface area contributed by atoms with Crippen molar-refractivity contribution >= 4 is 45.2 Å². The van der Waals surface area contributed by atoms with E-state index in [4.69, 9.17) is 38.3 Å². The first-order valence-electron chi connectivity index (χ1n) is 18.7. The van der Waals surface area contributed by atoms with Crippen LogP contribution in [0.2, 0.25) is 6.04 Å². The molecule has 0 aromatic carbocycles. The van der Waals surface area contributed by atoms with Crippen molar-refractivity contribution in [3.8, 4) is 0 Å². The van der Waals surface area contributed by atoms with Crippen molar-refractivity contribution in [1.82, 2.24) is 0 Å². The average molecular weight is 670 g/mol. The molecule has 0 unspecified atom stereocenters. The third kappa shape index (κ3) is 40.6. The van der Waals surface area contributed by atoms with Crippen molar-refractivity contribution in [2.24, 2.45) is 0 Å². The van der Waals surface area contributed by atoms with Gasteiger partial charge in [-0.25, -0.2) is 0 Å². The minimum absolute atomic E-state index is 0.342. The molecule has 0 heterocycles. The van der Waals surface area contributed by atoms with E-state index >= 15 is 0 Å². The van der Waals surface area contributed by atoms with E-state index < -0.39 is 12.0 Å². The Kier molecular flexibility index (Phi) is 34.9. The van der Waals surface area contributed by atoms with Crippen LogP contribution in [-0.4, -0.2) is 17.1 Å². The van der Waals surface area contributed by atoms with Crippen LogP contribution >= 0.6 is 33.2 Å². The molecule has 0 saturated carbocycles. The maximum Gasteiger partial charge on any atom is 0.341 e. The summed E-state index contributed by atoms with van der Waals surface area (Å²) in [5.41, 5.74) is 0. The van der Waals surface area contributed by atoms with Crippen molar-refractivity contribution < 1.29 is 9.90 Å². The van der Waals surface area contributed by atoms with Crippen LogP contribution in [-0.2, 0) is 4.79 Å². The molecule has 42 heavy (non-hydrogen) atoms. The number of aliphatic carboxylic acids is 1. The molecular formula is C36H71Cl3O2Si. The van der Waals surface area contributed by atoms with Crippen molar-refractivity contribution in [2.75, 3.05) is 0 Å². The number of carboxylic acid groups (broad SMARTS) is 1. The van der Waals surface area contributed by atoms with Gasteiger partial charge >= 0.3 is 12.0 Å². The zero-order valence-corrected chi connectivity index (χ0v) is 31.0. The van der Waals surface area contributed by atoms with Gasteiger partial charge in [-0.3, -0.25) is 4.79 Å². The van der Waals surface area contributed by atoms with E-state index in [0.717, 1.165) is 25.3 Å². The molecule has 1 N–H and O–H groups in total. The lowest BCUT2D eigenvalue weighted by molar-refractivity contribution is -0.137. The predicted octanol–water partition coefficient (Wildman–Crippen LogP) is 15.0. The monoisotopic (exact) mass is 668 g/mol. The minimum Gasteiger partial charge on any atom is -0.481 e. The van der Waals surface area contributed by atoms with Crippen LogP contribution < -0.4 is 0 Å². The maximum atomic E-state index is 10.5. The smallest absolute Gasteiger partial charge is 0.341 e. The van der Waals surface area contributed by atoms with Crippen LogP contribution in [0, 0.1) is 0 Å². The summed E-state index contributed by atoms with van der Waals surface area (Å²) in [6.45, 7) is 0. The summed E-state index contributed by atoms with van der Waals surface area (Å²) in [6, 6.07) is -1.55. The number of halogens is 3. The van der Waals surface area contributed by atoms with Crippen molar-refractivity contribution in [3.05, 3.63) is 0 Å². The van der Waals surface area contributed by atoms with Gasteiger partial charge in [0.2, 0.25) is 0 Å². The van der Waals surface area contributed by atoms with Gasteiger partial charge in [0.15, 0.2) is 0 Å². The second-order valence-corrected chi connectivity index (χ2v) is 22.5. The van der Waals surface area contributed by atoms with Crippen LogP contribution in [0.3, 0.4) is 0 Å². The molecule has 0 spiro atoms. The van der Waals surface area contributed by atoms with E-state index in [-0.39, 0.29) is 0 Å². The number of hydrogen-bond acceptors (Lipinski definition) is 1. The highest BCUT2D eigenvalue weighted by Crippen LogP contribution is 2.27. The van der Waals surface area contributed by atoms with Gasteiger partial charge in [0.05, 0.1) is 0 Å². The summed E-state index contributed by atoms with van der Waals surface area (Å²) in [5, 5.41) is 8.64. The fourth-order valence-electron chi connectivity index (χ4n) is 6.08. The highest BCUT2D eigenvalue weighted by Gasteiger charge is 2.23. The Bertz CT molecular complexity index is 542. The second-order valence-electron chi connectivity index (χ2n) is 13.2. The third-order valence-corrected chi connectivity index (χ3v) is 11.5. The Morgan fingerprint density at radius 1 is 0.333 bits per heavy atom. The summed E-state index contributed by atoms with van der Waals surface area (Å²) < 4.78 is 0. The molecular weight excluding hydrogens is 599 g/mol. The molecule has 0 bridgehead atoms. The Morgan fingerprint density at radius 2 is 0.500 bits per heavy atom.